The van der Waals surface area contributed by atoms with Gasteiger partial charge in [-0.1, -0.05) is 18.2 Å². The fourth-order valence-electron chi connectivity index (χ4n) is 3.83. The topological polar surface area (TPSA) is 75.4 Å². The predicted molar refractivity (Wildman–Crippen MR) is 121 cm³/mol. The van der Waals surface area contributed by atoms with Crippen LogP contribution in [-0.4, -0.2) is 51.3 Å². The van der Waals surface area contributed by atoms with E-state index in [2.05, 4.69) is 20.1 Å². The summed E-state index contributed by atoms with van der Waals surface area (Å²) in [5, 5.41) is 10.6. The number of pyridine rings is 1. The number of amides is 1. The monoisotopic (exact) mass is 466 g/mol. The largest absolute Gasteiger partial charge is 0.405 e. The van der Waals surface area contributed by atoms with E-state index in [1.165, 1.54) is 6.42 Å². The van der Waals surface area contributed by atoms with E-state index in [1.807, 2.05) is 46.2 Å². The van der Waals surface area contributed by atoms with Crippen molar-refractivity contribution in [3.8, 4) is 22.5 Å². The highest BCUT2D eigenvalue weighted by molar-refractivity contribution is 5.79. The molecule has 1 aliphatic heterocycles. The quantitative estimate of drug-likeness (QED) is 0.467. The number of carbonyl (C=O) groups excluding carboxylic acids is 1. The molecule has 0 aliphatic carbocycles. The average Bonchev–Trinajstić information content (AvgIpc) is 3.20. The molecule has 1 saturated heterocycles. The Morgan fingerprint density at radius 3 is 2.59 bits per heavy atom. The number of nitrogens with one attached hydrogen (secondary N) is 1. The van der Waals surface area contributed by atoms with E-state index in [0.29, 0.717) is 5.56 Å². The van der Waals surface area contributed by atoms with Crippen LogP contribution in [0.25, 0.3) is 28.2 Å². The number of anilines is 1. The lowest BCUT2D eigenvalue weighted by Gasteiger charge is -2.31. The predicted octanol–water partition coefficient (Wildman–Crippen LogP) is 3.89. The van der Waals surface area contributed by atoms with Crippen LogP contribution in [0.2, 0.25) is 0 Å². The molecular weight excluding hydrogens is 445 g/mol. The van der Waals surface area contributed by atoms with Gasteiger partial charge in [-0.25, -0.2) is 4.98 Å². The highest BCUT2D eigenvalue weighted by atomic mass is 19.4. The van der Waals surface area contributed by atoms with Crippen LogP contribution in [0.5, 0.6) is 0 Å². The number of hydrogen-bond acceptors (Lipinski definition) is 5. The number of aromatic nitrogens is 4. The number of alkyl halides is 3. The smallest absolute Gasteiger partial charge is 0.355 e. The highest BCUT2D eigenvalue weighted by Gasteiger charge is 2.27. The van der Waals surface area contributed by atoms with Crippen molar-refractivity contribution in [3.63, 3.8) is 0 Å². The van der Waals surface area contributed by atoms with Gasteiger partial charge in [0.1, 0.15) is 12.2 Å². The molecule has 3 aromatic heterocycles. The van der Waals surface area contributed by atoms with Gasteiger partial charge in [-0.05, 0) is 42.3 Å². The number of carbonyl (C=O) groups is 1. The maximum absolute atomic E-state index is 12.3. The minimum Gasteiger partial charge on any atom is -0.355 e. The Bertz CT molecular complexity index is 1330. The zero-order valence-electron chi connectivity index (χ0n) is 18.1. The number of halogens is 3. The first-order valence-corrected chi connectivity index (χ1v) is 10.8. The lowest BCUT2D eigenvalue weighted by molar-refractivity contribution is -0.138. The average molecular weight is 466 g/mol. The summed E-state index contributed by atoms with van der Waals surface area (Å²) in [6, 6.07) is 14.9. The Morgan fingerprint density at radius 1 is 1.03 bits per heavy atom. The molecule has 0 radical (unpaired) electrons. The van der Waals surface area contributed by atoms with E-state index in [9.17, 15) is 18.0 Å². The lowest BCUT2D eigenvalue weighted by Crippen LogP contribution is -2.37. The van der Waals surface area contributed by atoms with Crippen LogP contribution in [-0.2, 0) is 11.2 Å². The molecule has 1 fully saturated rings. The van der Waals surface area contributed by atoms with Crippen molar-refractivity contribution in [2.75, 3.05) is 24.5 Å². The van der Waals surface area contributed by atoms with Gasteiger partial charge in [0.15, 0.2) is 5.82 Å². The molecule has 10 heteroatoms. The van der Waals surface area contributed by atoms with Gasteiger partial charge in [0.2, 0.25) is 5.91 Å². The van der Waals surface area contributed by atoms with Crippen LogP contribution in [0.3, 0.4) is 0 Å². The van der Waals surface area contributed by atoms with E-state index in [1.54, 1.807) is 24.4 Å². The normalized spacial score (nSPS) is 13.7. The van der Waals surface area contributed by atoms with Gasteiger partial charge < -0.3 is 10.2 Å². The molecule has 5 rings (SSSR count). The van der Waals surface area contributed by atoms with Gasteiger partial charge in [0.25, 0.3) is 0 Å². The third-order valence-electron chi connectivity index (χ3n) is 5.71. The van der Waals surface area contributed by atoms with E-state index < -0.39 is 18.6 Å². The third-order valence-corrected chi connectivity index (χ3v) is 5.71. The molecule has 1 amide bonds. The molecule has 0 atom stereocenters. The van der Waals surface area contributed by atoms with E-state index in [0.717, 1.165) is 47.1 Å². The van der Waals surface area contributed by atoms with Gasteiger partial charge in [-0.15, -0.1) is 10.2 Å². The Labute approximate surface area is 193 Å². The molecule has 174 valence electrons. The van der Waals surface area contributed by atoms with E-state index in [4.69, 9.17) is 0 Å². The number of hydrogen-bond donors (Lipinski definition) is 1. The summed E-state index contributed by atoms with van der Waals surface area (Å²) in [7, 11) is 0. The first kappa shape index (κ1) is 21.9. The minimum atomic E-state index is -4.44. The van der Waals surface area contributed by atoms with Crippen molar-refractivity contribution >= 4 is 17.4 Å². The van der Waals surface area contributed by atoms with Gasteiger partial charge in [0.05, 0.1) is 24.0 Å². The van der Waals surface area contributed by atoms with Crippen molar-refractivity contribution in [2.24, 2.45) is 0 Å². The van der Waals surface area contributed by atoms with Gasteiger partial charge in [-0.2, -0.15) is 13.2 Å². The number of rotatable bonds is 6. The van der Waals surface area contributed by atoms with Crippen molar-refractivity contribution in [2.45, 2.75) is 19.0 Å². The summed E-state index contributed by atoms with van der Waals surface area (Å²) in [5.74, 6) is 0.199. The summed E-state index contributed by atoms with van der Waals surface area (Å²) >= 11 is 0. The molecule has 0 saturated carbocycles. The second-order valence-electron chi connectivity index (χ2n) is 8.17. The van der Waals surface area contributed by atoms with Crippen molar-refractivity contribution in [1.29, 1.82) is 0 Å². The van der Waals surface area contributed by atoms with Gasteiger partial charge in [0, 0.05) is 30.4 Å². The standard InChI is InChI=1S/C24H21F3N6O/c25-24(26,27)15-29-23(34)12-16-3-1-4-18(11-16)20-14-28-22-13-17(7-10-33(20)22)19-5-6-21(31-30-19)32-8-2-9-32/h1,3-7,10-11,13-14H,2,8-9,12,15H2,(H,29,34). The lowest BCUT2D eigenvalue weighted by atomic mass is 10.1. The van der Waals surface area contributed by atoms with Crippen molar-refractivity contribution in [1.82, 2.24) is 24.9 Å². The maximum atomic E-state index is 12.3. The number of nitrogens with zero attached hydrogens (tertiary/aromatic N) is 5. The molecule has 4 aromatic rings. The van der Waals surface area contributed by atoms with Crippen LogP contribution in [0.1, 0.15) is 12.0 Å². The summed E-state index contributed by atoms with van der Waals surface area (Å²) in [6.07, 6.45) is 0.212. The minimum absolute atomic E-state index is 0.142. The van der Waals surface area contributed by atoms with Gasteiger partial charge in [-0.3, -0.25) is 9.20 Å². The zero-order valence-corrected chi connectivity index (χ0v) is 18.1. The molecular formula is C24H21F3N6O. The fourth-order valence-corrected chi connectivity index (χ4v) is 3.83. The molecule has 0 bridgehead atoms. The summed E-state index contributed by atoms with van der Waals surface area (Å²) in [5.41, 5.74) is 4.58. The van der Waals surface area contributed by atoms with Crippen molar-refractivity contribution < 1.29 is 18.0 Å². The van der Waals surface area contributed by atoms with Crippen LogP contribution in [0, 0.1) is 0 Å². The number of fused-ring (bicyclic) bond motifs is 1. The molecule has 1 aromatic carbocycles. The molecule has 34 heavy (non-hydrogen) atoms. The van der Waals surface area contributed by atoms with Crippen LogP contribution in [0.4, 0.5) is 19.0 Å². The Hall–Kier alpha value is -3.95. The Kier molecular flexibility index (Phi) is 5.64. The van der Waals surface area contributed by atoms with Crippen LogP contribution < -0.4 is 10.2 Å². The van der Waals surface area contributed by atoms with Crippen LogP contribution in [0.15, 0.2) is 60.9 Å². The number of imidazole rings is 1. The van der Waals surface area contributed by atoms with E-state index >= 15 is 0 Å². The Balaban J connectivity index is 1.34. The zero-order chi connectivity index (χ0) is 23.7. The van der Waals surface area contributed by atoms with E-state index in [-0.39, 0.29) is 6.42 Å². The molecule has 0 unspecified atom stereocenters. The second kappa shape index (κ2) is 8.77. The first-order valence-electron chi connectivity index (χ1n) is 10.8. The Morgan fingerprint density at radius 2 is 1.88 bits per heavy atom. The second-order valence-corrected chi connectivity index (χ2v) is 8.17. The molecule has 4 heterocycles. The summed E-state index contributed by atoms with van der Waals surface area (Å²) in [6.45, 7) is 0.680. The molecule has 7 nitrogen and oxygen atoms in total. The molecule has 0 spiro atoms. The summed E-state index contributed by atoms with van der Waals surface area (Å²) in [4.78, 5) is 18.6. The van der Waals surface area contributed by atoms with Crippen LogP contribution >= 0.6 is 0 Å². The fraction of sp³-hybridized carbons (Fsp3) is 0.250. The molecule has 1 aliphatic rings. The van der Waals surface area contributed by atoms with Crippen molar-refractivity contribution in [3.05, 3.63) is 66.5 Å². The number of benzene rings is 1. The highest BCUT2D eigenvalue weighted by Crippen LogP contribution is 2.26. The maximum Gasteiger partial charge on any atom is 0.405 e. The van der Waals surface area contributed by atoms with Gasteiger partial charge >= 0.3 is 6.18 Å². The summed E-state index contributed by atoms with van der Waals surface area (Å²) < 4.78 is 38.9. The SMILES string of the molecule is O=C(Cc1cccc(-c2cnc3cc(-c4ccc(N5CCC5)nn4)ccn23)c1)NCC(F)(F)F. The molecule has 1 N–H and O–H groups in total. The first-order chi connectivity index (χ1) is 16.4. The third kappa shape index (κ3) is 4.70.